The fourth-order valence-corrected chi connectivity index (χ4v) is 1.16. The fraction of sp³-hybridized carbons (Fsp3) is 0.333. The number of nitrogens with zero attached hydrogens (tertiary/aromatic N) is 1. The van der Waals surface area contributed by atoms with Gasteiger partial charge < -0.3 is 14.4 Å². The molecule has 0 bridgehead atoms. The van der Waals surface area contributed by atoms with Crippen molar-refractivity contribution in [1.29, 1.82) is 0 Å². The Labute approximate surface area is 104 Å². The lowest BCUT2D eigenvalue weighted by Crippen LogP contribution is -2.35. The number of esters is 1. The zero-order chi connectivity index (χ0) is 13.5. The number of methoxy groups -OCH3 is 1. The van der Waals surface area contributed by atoms with Crippen molar-refractivity contribution < 1.29 is 23.5 Å². The molecule has 18 heavy (non-hydrogen) atoms. The van der Waals surface area contributed by atoms with Gasteiger partial charge in [-0.1, -0.05) is 6.07 Å². The van der Waals surface area contributed by atoms with Crippen molar-refractivity contribution in [1.82, 2.24) is 4.90 Å². The molecule has 6 heteroatoms. The molecule has 0 unspecified atom stereocenters. The summed E-state index contributed by atoms with van der Waals surface area (Å²) in [5.74, 6) is -1.10. The second kappa shape index (κ2) is 6.58. The zero-order valence-corrected chi connectivity index (χ0v) is 10.2. The third-order valence-corrected chi connectivity index (χ3v) is 2.18. The molecule has 0 heterocycles. The van der Waals surface area contributed by atoms with Gasteiger partial charge in [-0.15, -0.1) is 0 Å². The van der Waals surface area contributed by atoms with E-state index in [-0.39, 0.29) is 18.9 Å². The van der Waals surface area contributed by atoms with Crippen molar-refractivity contribution in [2.75, 3.05) is 27.3 Å². The van der Waals surface area contributed by atoms with Crippen molar-refractivity contribution >= 4 is 11.9 Å². The van der Waals surface area contributed by atoms with Gasteiger partial charge in [-0.2, -0.15) is 0 Å². The van der Waals surface area contributed by atoms with Crippen LogP contribution in [0.4, 0.5) is 4.39 Å². The Morgan fingerprint density at radius 1 is 1.39 bits per heavy atom. The largest absolute Gasteiger partial charge is 0.484 e. The number of likely N-dealkylation sites (N-methyl/N-ethyl adjacent to an activating group) is 1. The summed E-state index contributed by atoms with van der Waals surface area (Å²) < 4.78 is 22.4. The number of halogens is 1. The van der Waals surface area contributed by atoms with Gasteiger partial charge >= 0.3 is 5.97 Å². The lowest BCUT2D eigenvalue weighted by Gasteiger charge is -2.15. The standard InChI is InChI=1S/C12H14FNO4/c1-14(7-12(16)17-2)11(15)8-18-10-5-3-4-9(13)6-10/h3-6H,7-8H2,1-2H3. The third-order valence-electron chi connectivity index (χ3n) is 2.18. The quantitative estimate of drug-likeness (QED) is 0.731. The van der Waals surface area contributed by atoms with Crippen LogP contribution in [0.3, 0.4) is 0 Å². The molecular weight excluding hydrogens is 241 g/mol. The summed E-state index contributed by atoms with van der Waals surface area (Å²) in [5, 5.41) is 0. The number of benzene rings is 1. The number of hydrogen-bond acceptors (Lipinski definition) is 4. The second-order valence-corrected chi connectivity index (χ2v) is 3.57. The molecule has 1 amide bonds. The lowest BCUT2D eigenvalue weighted by molar-refractivity contribution is -0.146. The molecule has 0 aromatic heterocycles. The predicted molar refractivity (Wildman–Crippen MR) is 61.5 cm³/mol. The molecule has 0 saturated carbocycles. The molecule has 0 atom stereocenters. The molecule has 0 aliphatic heterocycles. The van der Waals surface area contributed by atoms with Crippen molar-refractivity contribution in [3.63, 3.8) is 0 Å². The van der Waals surface area contributed by atoms with Crippen LogP contribution >= 0.6 is 0 Å². The van der Waals surface area contributed by atoms with Crippen molar-refractivity contribution in [2.24, 2.45) is 0 Å². The first-order chi connectivity index (χ1) is 8.52. The SMILES string of the molecule is COC(=O)CN(C)C(=O)COc1cccc(F)c1. The van der Waals surface area contributed by atoms with Crippen molar-refractivity contribution in [2.45, 2.75) is 0 Å². The van der Waals surface area contributed by atoms with Crippen LogP contribution in [0.1, 0.15) is 0 Å². The summed E-state index contributed by atoms with van der Waals surface area (Å²) in [5.41, 5.74) is 0. The van der Waals surface area contributed by atoms with Crippen LogP contribution < -0.4 is 4.74 Å². The van der Waals surface area contributed by atoms with E-state index < -0.39 is 17.7 Å². The van der Waals surface area contributed by atoms with Crippen molar-refractivity contribution in [3.05, 3.63) is 30.1 Å². The Hall–Kier alpha value is -2.11. The highest BCUT2D eigenvalue weighted by atomic mass is 19.1. The molecule has 98 valence electrons. The molecule has 0 saturated heterocycles. The number of amides is 1. The molecule has 1 rings (SSSR count). The van der Waals surface area contributed by atoms with Gasteiger partial charge in [0, 0.05) is 13.1 Å². The first-order valence-corrected chi connectivity index (χ1v) is 5.22. The molecule has 1 aromatic carbocycles. The smallest absolute Gasteiger partial charge is 0.325 e. The number of carbonyl (C=O) groups excluding carboxylic acids is 2. The van der Waals surface area contributed by atoms with E-state index in [2.05, 4.69) is 4.74 Å². The zero-order valence-electron chi connectivity index (χ0n) is 10.2. The van der Waals surface area contributed by atoms with Crippen LogP contribution in [-0.2, 0) is 14.3 Å². The van der Waals surface area contributed by atoms with E-state index in [9.17, 15) is 14.0 Å². The van der Waals surface area contributed by atoms with E-state index in [1.54, 1.807) is 0 Å². The Morgan fingerprint density at radius 3 is 2.72 bits per heavy atom. The van der Waals surface area contributed by atoms with Crippen LogP contribution in [0.5, 0.6) is 5.75 Å². The average molecular weight is 255 g/mol. The van der Waals surface area contributed by atoms with Crippen LogP contribution in [0, 0.1) is 5.82 Å². The topological polar surface area (TPSA) is 55.8 Å². The predicted octanol–water partition coefficient (Wildman–Crippen LogP) is 0.836. The van der Waals surface area contributed by atoms with E-state index in [1.807, 2.05) is 0 Å². The van der Waals surface area contributed by atoms with E-state index in [4.69, 9.17) is 4.74 Å². The van der Waals surface area contributed by atoms with E-state index >= 15 is 0 Å². The summed E-state index contributed by atoms with van der Waals surface area (Å²) in [6.45, 7) is -0.418. The van der Waals surface area contributed by atoms with Gasteiger partial charge in [0.2, 0.25) is 0 Å². The molecule has 0 radical (unpaired) electrons. The van der Waals surface area contributed by atoms with Crippen LogP contribution in [0.25, 0.3) is 0 Å². The molecular formula is C12H14FNO4. The first-order valence-electron chi connectivity index (χ1n) is 5.22. The second-order valence-electron chi connectivity index (χ2n) is 3.57. The monoisotopic (exact) mass is 255 g/mol. The molecule has 1 aromatic rings. The van der Waals surface area contributed by atoms with Gasteiger partial charge in [0.1, 0.15) is 18.1 Å². The highest BCUT2D eigenvalue weighted by molar-refractivity contribution is 5.82. The normalized spacial score (nSPS) is 9.72. The van der Waals surface area contributed by atoms with Gasteiger partial charge in [0.15, 0.2) is 6.61 Å². The van der Waals surface area contributed by atoms with E-state index in [0.717, 1.165) is 0 Å². The molecule has 0 N–H and O–H groups in total. The number of carbonyl (C=O) groups is 2. The van der Waals surface area contributed by atoms with Gasteiger partial charge in [-0.25, -0.2) is 4.39 Å². The summed E-state index contributed by atoms with van der Waals surface area (Å²) in [6.07, 6.45) is 0. The Balaban J connectivity index is 2.43. The average Bonchev–Trinajstić information content (AvgIpc) is 2.35. The summed E-state index contributed by atoms with van der Waals surface area (Å²) in [6, 6.07) is 5.47. The van der Waals surface area contributed by atoms with Crippen LogP contribution in [0.15, 0.2) is 24.3 Å². The maximum Gasteiger partial charge on any atom is 0.325 e. The maximum absolute atomic E-state index is 12.8. The number of rotatable bonds is 5. The molecule has 0 aliphatic rings. The minimum atomic E-state index is -0.517. The number of ether oxygens (including phenoxy) is 2. The molecule has 0 aliphatic carbocycles. The summed E-state index contributed by atoms with van der Waals surface area (Å²) in [7, 11) is 2.69. The van der Waals surface area contributed by atoms with E-state index in [0.29, 0.717) is 0 Å². The first kappa shape index (κ1) is 14.0. The Kier molecular flexibility index (Phi) is 5.10. The summed E-state index contributed by atoms with van der Waals surface area (Å²) >= 11 is 0. The van der Waals surface area contributed by atoms with Gasteiger partial charge in [-0.05, 0) is 12.1 Å². The fourth-order valence-electron chi connectivity index (χ4n) is 1.16. The van der Waals surface area contributed by atoms with Crippen molar-refractivity contribution in [3.8, 4) is 5.75 Å². The highest BCUT2D eigenvalue weighted by Gasteiger charge is 2.13. The van der Waals surface area contributed by atoms with E-state index in [1.165, 1.54) is 43.3 Å². The van der Waals surface area contributed by atoms with Crippen LogP contribution in [0.2, 0.25) is 0 Å². The van der Waals surface area contributed by atoms with Gasteiger partial charge in [-0.3, -0.25) is 9.59 Å². The van der Waals surface area contributed by atoms with Crippen LogP contribution in [-0.4, -0.2) is 44.1 Å². The van der Waals surface area contributed by atoms with Gasteiger partial charge in [0.05, 0.1) is 7.11 Å². The number of hydrogen-bond donors (Lipinski definition) is 0. The Bertz CT molecular complexity index is 436. The molecule has 5 nitrogen and oxygen atoms in total. The molecule has 0 spiro atoms. The minimum absolute atomic E-state index is 0.151. The summed E-state index contributed by atoms with van der Waals surface area (Å²) in [4.78, 5) is 23.7. The lowest BCUT2D eigenvalue weighted by atomic mass is 10.3. The highest BCUT2D eigenvalue weighted by Crippen LogP contribution is 2.11. The molecule has 0 fully saturated rings. The minimum Gasteiger partial charge on any atom is -0.484 e. The maximum atomic E-state index is 12.8. The Morgan fingerprint density at radius 2 is 2.11 bits per heavy atom. The third kappa shape index (κ3) is 4.40. The van der Waals surface area contributed by atoms with Gasteiger partial charge in [0.25, 0.3) is 5.91 Å².